The van der Waals surface area contributed by atoms with Crippen LogP contribution in [0.3, 0.4) is 0 Å². The van der Waals surface area contributed by atoms with Crippen molar-refractivity contribution in [2.24, 2.45) is 0 Å². The minimum absolute atomic E-state index is 0.848. The molecule has 0 aliphatic rings. The van der Waals surface area contributed by atoms with Crippen LogP contribution in [0.1, 0.15) is 12.5 Å². The standard InChI is InChI=1S/C14H14N2/c1-11(2)13-9-6-10-15-14(13)16-12-7-4-3-5-8-12/h3-10H,1H2,2H3,(H,15,16). The lowest BCUT2D eigenvalue weighted by atomic mass is 10.1. The van der Waals surface area contributed by atoms with Gasteiger partial charge in [-0.05, 0) is 36.8 Å². The Labute approximate surface area is 95.7 Å². The fourth-order valence-electron chi connectivity index (χ4n) is 1.51. The first-order valence-electron chi connectivity index (χ1n) is 5.20. The highest BCUT2D eigenvalue weighted by Crippen LogP contribution is 2.22. The van der Waals surface area contributed by atoms with Gasteiger partial charge in [0.15, 0.2) is 0 Å². The van der Waals surface area contributed by atoms with E-state index in [-0.39, 0.29) is 0 Å². The van der Waals surface area contributed by atoms with Gasteiger partial charge in [0.2, 0.25) is 0 Å². The molecule has 1 heterocycles. The van der Waals surface area contributed by atoms with Gasteiger partial charge in [0, 0.05) is 17.4 Å². The van der Waals surface area contributed by atoms with E-state index in [9.17, 15) is 0 Å². The van der Waals surface area contributed by atoms with Gasteiger partial charge in [0.1, 0.15) is 5.82 Å². The summed E-state index contributed by atoms with van der Waals surface area (Å²) in [7, 11) is 0. The molecule has 0 fully saturated rings. The Bertz CT molecular complexity index is 489. The monoisotopic (exact) mass is 210 g/mol. The minimum atomic E-state index is 0.848. The quantitative estimate of drug-likeness (QED) is 0.832. The van der Waals surface area contributed by atoms with Crippen molar-refractivity contribution in [1.82, 2.24) is 4.98 Å². The zero-order chi connectivity index (χ0) is 11.4. The average Bonchev–Trinajstić information content (AvgIpc) is 2.31. The number of nitrogens with one attached hydrogen (secondary N) is 1. The molecule has 2 heteroatoms. The number of pyridine rings is 1. The number of rotatable bonds is 3. The van der Waals surface area contributed by atoms with Crippen LogP contribution in [0.4, 0.5) is 11.5 Å². The van der Waals surface area contributed by atoms with E-state index >= 15 is 0 Å². The minimum Gasteiger partial charge on any atom is -0.340 e. The molecule has 0 aliphatic heterocycles. The summed E-state index contributed by atoms with van der Waals surface area (Å²) in [5, 5.41) is 3.28. The smallest absolute Gasteiger partial charge is 0.137 e. The number of benzene rings is 1. The Balaban J connectivity index is 2.31. The molecule has 0 bridgehead atoms. The molecule has 0 radical (unpaired) electrons. The molecule has 0 unspecified atom stereocenters. The van der Waals surface area contributed by atoms with Crippen LogP contribution >= 0.6 is 0 Å². The van der Waals surface area contributed by atoms with Crippen LogP contribution in [-0.2, 0) is 0 Å². The van der Waals surface area contributed by atoms with Crippen molar-refractivity contribution in [3.05, 3.63) is 60.8 Å². The zero-order valence-corrected chi connectivity index (χ0v) is 9.27. The van der Waals surface area contributed by atoms with Gasteiger partial charge in [0.25, 0.3) is 0 Å². The summed E-state index contributed by atoms with van der Waals surface area (Å²) >= 11 is 0. The van der Waals surface area contributed by atoms with E-state index in [1.54, 1.807) is 6.20 Å². The topological polar surface area (TPSA) is 24.9 Å². The van der Waals surface area contributed by atoms with Gasteiger partial charge in [-0.3, -0.25) is 0 Å². The molecule has 2 rings (SSSR count). The summed E-state index contributed by atoms with van der Waals surface area (Å²) in [6.07, 6.45) is 1.78. The Kier molecular flexibility index (Phi) is 3.01. The first kappa shape index (κ1) is 10.4. The van der Waals surface area contributed by atoms with Crippen LogP contribution in [0.15, 0.2) is 55.2 Å². The number of hydrogen-bond donors (Lipinski definition) is 1. The van der Waals surface area contributed by atoms with Crippen molar-refractivity contribution in [3.63, 3.8) is 0 Å². The molecule has 0 aliphatic carbocycles. The number of allylic oxidation sites excluding steroid dienone is 1. The second-order valence-corrected chi connectivity index (χ2v) is 3.67. The van der Waals surface area contributed by atoms with Crippen LogP contribution < -0.4 is 5.32 Å². The van der Waals surface area contributed by atoms with Gasteiger partial charge < -0.3 is 5.32 Å². The summed E-state index contributed by atoms with van der Waals surface area (Å²) in [5.41, 5.74) is 3.08. The summed E-state index contributed by atoms with van der Waals surface area (Å²) in [4.78, 5) is 4.32. The van der Waals surface area contributed by atoms with Crippen LogP contribution in [0.5, 0.6) is 0 Å². The highest BCUT2D eigenvalue weighted by Gasteiger charge is 2.03. The number of aromatic nitrogens is 1. The lowest BCUT2D eigenvalue weighted by Gasteiger charge is -2.10. The van der Waals surface area contributed by atoms with Crippen molar-refractivity contribution >= 4 is 17.1 Å². The molecule has 1 N–H and O–H groups in total. The predicted molar refractivity (Wildman–Crippen MR) is 68.7 cm³/mol. The molecule has 2 aromatic rings. The third-order valence-electron chi connectivity index (χ3n) is 2.30. The maximum absolute atomic E-state index is 4.32. The molecule has 2 nitrogen and oxygen atoms in total. The summed E-state index contributed by atoms with van der Waals surface area (Å²) in [6.45, 7) is 5.93. The molecule has 0 saturated carbocycles. The van der Waals surface area contributed by atoms with E-state index in [2.05, 4.69) is 16.9 Å². The fraction of sp³-hybridized carbons (Fsp3) is 0.0714. The SMILES string of the molecule is C=C(C)c1cccnc1Nc1ccccc1. The maximum Gasteiger partial charge on any atom is 0.137 e. The van der Waals surface area contributed by atoms with E-state index in [4.69, 9.17) is 0 Å². The zero-order valence-electron chi connectivity index (χ0n) is 9.27. The van der Waals surface area contributed by atoms with Crippen molar-refractivity contribution in [3.8, 4) is 0 Å². The molecule has 0 amide bonds. The van der Waals surface area contributed by atoms with Gasteiger partial charge in [0.05, 0.1) is 0 Å². The molecular weight excluding hydrogens is 196 g/mol. The molecule has 0 atom stereocenters. The van der Waals surface area contributed by atoms with Gasteiger partial charge in [-0.15, -0.1) is 0 Å². The van der Waals surface area contributed by atoms with Crippen molar-refractivity contribution < 1.29 is 0 Å². The van der Waals surface area contributed by atoms with Crippen molar-refractivity contribution in [1.29, 1.82) is 0 Å². The van der Waals surface area contributed by atoms with Gasteiger partial charge in [-0.1, -0.05) is 24.8 Å². The van der Waals surface area contributed by atoms with E-state index in [1.807, 2.05) is 49.4 Å². The number of nitrogens with zero attached hydrogens (tertiary/aromatic N) is 1. The summed E-state index contributed by atoms with van der Waals surface area (Å²) < 4.78 is 0. The normalized spacial score (nSPS) is 9.81. The molecule has 0 spiro atoms. The lowest BCUT2D eigenvalue weighted by Crippen LogP contribution is -1.96. The molecular formula is C14H14N2. The van der Waals surface area contributed by atoms with E-state index in [0.29, 0.717) is 0 Å². The molecule has 1 aromatic heterocycles. The van der Waals surface area contributed by atoms with Gasteiger partial charge in [-0.2, -0.15) is 0 Å². The first-order chi connectivity index (χ1) is 7.77. The number of anilines is 2. The second kappa shape index (κ2) is 4.62. The second-order valence-electron chi connectivity index (χ2n) is 3.67. The van der Waals surface area contributed by atoms with Crippen molar-refractivity contribution in [2.75, 3.05) is 5.32 Å². The third kappa shape index (κ3) is 2.28. The van der Waals surface area contributed by atoms with E-state index in [0.717, 1.165) is 22.6 Å². The number of para-hydroxylation sites is 1. The van der Waals surface area contributed by atoms with Crippen LogP contribution in [-0.4, -0.2) is 4.98 Å². The lowest BCUT2D eigenvalue weighted by molar-refractivity contribution is 1.29. The average molecular weight is 210 g/mol. The van der Waals surface area contributed by atoms with Gasteiger partial charge in [-0.25, -0.2) is 4.98 Å². The van der Waals surface area contributed by atoms with Crippen LogP contribution in [0.25, 0.3) is 5.57 Å². The highest BCUT2D eigenvalue weighted by molar-refractivity contribution is 5.74. The number of hydrogen-bond acceptors (Lipinski definition) is 2. The third-order valence-corrected chi connectivity index (χ3v) is 2.30. The Morgan fingerprint density at radius 3 is 2.56 bits per heavy atom. The molecule has 1 aromatic carbocycles. The van der Waals surface area contributed by atoms with Gasteiger partial charge >= 0.3 is 0 Å². The van der Waals surface area contributed by atoms with Crippen LogP contribution in [0.2, 0.25) is 0 Å². The fourth-order valence-corrected chi connectivity index (χ4v) is 1.51. The van der Waals surface area contributed by atoms with Crippen LogP contribution in [0, 0.1) is 0 Å². The predicted octanol–water partition coefficient (Wildman–Crippen LogP) is 3.86. The molecule has 16 heavy (non-hydrogen) atoms. The Hall–Kier alpha value is -2.09. The van der Waals surface area contributed by atoms with E-state index < -0.39 is 0 Å². The Morgan fingerprint density at radius 1 is 1.12 bits per heavy atom. The Morgan fingerprint density at radius 2 is 1.88 bits per heavy atom. The molecule has 80 valence electrons. The summed E-state index contributed by atoms with van der Waals surface area (Å²) in [5.74, 6) is 0.848. The highest BCUT2D eigenvalue weighted by atomic mass is 15.0. The first-order valence-corrected chi connectivity index (χ1v) is 5.20. The summed E-state index contributed by atoms with van der Waals surface area (Å²) in [6, 6.07) is 13.9. The maximum atomic E-state index is 4.32. The largest absolute Gasteiger partial charge is 0.340 e. The van der Waals surface area contributed by atoms with Crippen molar-refractivity contribution in [2.45, 2.75) is 6.92 Å². The van der Waals surface area contributed by atoms with E-state index in [1.165, 1.54) is 0 Å². The molecule has 0 saturated heterocycles.